The Labute approximate surface area is 100 Å². The van der Waals surface area contributed by atoms with Crippen molar-refractivity contribution in [2.45, 2.75) is 39.2 Å². The van der Waals surface area contributed by atoms with E-state index in [2.05, 4.69) is 24.1 Å². The average Bonchev–Trinajstić information content (AvgIpc) is 2.59. The van der Waals surface area contributed by atoms with Crippen LogP contribution in [0.25, 0.3) is 0 Å². The van der Waals surface area contributed by atoms with Crippen molar-refractivity contribution in [3.63, 3.8) is 0 Å². The first-order valence-electron chi connectivity index (χ1n) is 5.83. The Kier molecular flexibility index (Phi) is 3.00. The van der Waals surface area contributed by atoms with Gasteiger partial charge in [0, 0.05) is 12.1 Å². The van der Waals surface area contributed by atoms with Crippen molar-refractivity contribution in [2.75, 3.05) is 5.32 Å². The van der Waals surface area contributed by atoms with Crippen molar-refractivity contribution in [3.8, 4) is 0 Å². The number of nitrogens with one attached hydrogen (secondary N) is 1. The highest BCUT2D eigenvalue weighted by atomic mass is 16.6. The van der Waals surface area contributed by atoms with Crippen molar-refractivity contribution in [2.24, 2.45) is 5.41 Å². The first-order valence-corrected chi connectivity index (χ1v) is 5.83. The summed E-state index contributed by atoms with van der Waals surface area (Å²) in [5.74, 6) is 0.721. The zero-order valence-corrected chi connectivity index (χ0v) is 10.1. The van der Waals surface area contributed by atoms with Crippen molar-refractivity contribution in [1.29, 1.82) is 0 Å². The van der Waals surface area contributed by atoms with Gasteiger partial charge in [-0.25, -0.2) is 4.98 Å². The number of anilines is 1. The number of pyridine rings is 1. The summed E-state index contributed by atoms with van der Waals surface area (Å²) in [7, 11) is 0. The fraction of sp³-hybridized carbons (Fsp3) is 0.583. The lowest BCUT2D eigenvalue weighted by Gasteiger charge is -2.18. The molecule has 1 aliphatic rings. The zero-order valence-electron chi connectivity index (χ0n) is 10.1. The largest absolute Gasteiger partial charge is 0.367 e. The van der Waals surface area contributed by atoms with E-state index in [1.165, 1.54) is 18.7 Å². The molecule has 17 heavy (non-hydrogen) atoms. The van der Waals surface area contributed by atoms with Crippen molar-refractivity contribution in [3.05, 3.63) is 28.4 Å². The van der Waals surface area contributed by atoms with Gasteiger partial charge in [0.05, 0.1) is 4.92 Å². The van der Waals surface area contributed by atoms with Gasteiger partial charge in [-0.2, -0.15) is 0 Å². The summed E-state index contributed by atoms with van der Waals surface area (Å²) in [6, 6.07) is 3.58. The highest BCUT2D eigenvalue weighted by Crippen LogP contribution is 2.38. The van der Waals surface area contributed by atoms with E-state index in [1.807, 2.05) is 0 Å². The number of nitrogens with zero attached hydrogens (tertiary/aromatic N) is 2. The maximum absolute atomic E-state index is 10.5. The number of rotatable bonds is 3. The number of hydrogen-bond acceptors (Lipinski definition) is 4. The van der Waals surface area contributed by atoms with Gasteiger partial charge in [-0.1, -0.05) is 13.8 Å². The van der Waals surface area contributed by atoms with E-state index in [1.54, 1.807) is 6.07 Å². The molecule has 1 N–H and O–H groups in total. The predicted molar refractivity (Wildman–Crippen MR) is 65.9 cm³/mol. The Morgan fingerprint density at radius 2 is 2.29 bits per heavy atom. The summed E-state index contributed by atoms with van der Waals surface area (Å²) in [6.07, 6.45) is 4.75. The summed E-state index contributed by atoms with van der Waals surface area (Å²) in [4.78, 5) is 14.1. The molecule has 1 aliphatic carbocycles. The predicted octanol–water partition coefficient (Wildman–Crippen LogP) is 2.98. The van der Waals surface area contributed by atoms with E-state index in [4.69, 9.17) is 0 Å². The summed E-state index contributed by atoms with van der Waals surface area (Å²) >= 11 is 0. The summed E-state index contributed by atoms with van der Waals surface area (Å²) < 4.78 is 0. The topological polar surface area (TPSA) is 68.1 Å². The monoisotopic (exact) mass is 235 g/mol. The first kappa shape index (κ1) is 11.8. The van der Waals surface area contributed by atoms with Crippen LogP contribution in [0.1, 0.15) is 33.1 Å². The molecule has 5 nitrogen and oxygen atoms in total. The highest BCUT2D eigenvalue weighted by molar-refractivity contribution is 5.41. The third kappa shape index (κ3) is 2.93. The molecule has 0 radical (unpaired) electrons. The summed E-state index contributed by atoms with van der Waals surface area (Å²) in [5.41, 5.74) is 0.417. The molecule has 1 saturated carbocycles. The molecule has 0 bridgehead atoms. The fourth-order valence-corrected chi connectivity index (χ4v) is 2.35. The normalized spacial score (nSPS) is 22.4. The second kappa shape index (κ2) is 4.31. The van der Waals surface area contributed by atoms with Gasteiger partial charge in [0.25, 0.3) is 5.69 Å². The van der Waals surface area contributed by atoms with E-state index < -0.39 is 4.92 Å². The lowest BCUT2D eigenvalue weighted by molar-refractivity contribution is -0.385. The molecule has 0 amide bonds. The van der Waals surface area contributed by atoms with Gasteiger partial charge in [0.15, 0.2) is 0 Å². The minimum Gasteiger partial charge on any atom is -0.367 e. The number of hydrogen-bond donors (Lipinski definition) is 1. The van der Waals surface area contributed by atoms with Gasteiger partial charge in [0.2, 0.25) is 0 Å². The lowest BCUT2D eigenvalue weighted by Crippen LogP contribution is -2.18. The molecular formula is C12H17N3O2. The fourth-order valence-electron chi connectivity index (χ4n) is 2.35. The van der Waals surface area contributed by atoms with Crippen LogP contribution in [-0.4, -0.2) is 15.9 Å². The van der Waals surface area contributed by atoms with Crippen LogP contribution in [0.15, 0.2) is 18.3 Å². The van der Waals surface area contributed by atoms with Crippen LogP contribution < -0.4 is 5.32 Å². The molecule has 1 aromatic heterocycles. The van der Waals surface area contributed by atoms with Gasteiger partial charge >= 0.3 is 0 Å². The second-order valence-corrected chi connectivity index (χ2v) is 5.41. The molecule has 1 unspecified atom stereocenters. The van der Waals surface area contributed by atoms with E-state index >= 15 is 0 Å². The molecule has 0 aromatic carbocycles. The third-order valence-corrected chi connectivity index (χ3v) is 3.28. The van der Waals surface area contributed by atoms with Crippen LogP contribution >= 0.6 is 0 Å². The van der Waals surface area contributed by atoms with Crippen molar-refractivity contribution >= 4 is 11.5 Å². The molecular weight excluding hydrogens is 218 g/mol. The molecule has 2 rings (SSSR count). The smallest absolute Gasteiger partial charge is 0.287 e. The van der Waals surface area contributed by atoms with Crippen LogP contribution in [0.4, 0.5) is 11.5 Å². The average molecular weight is 235 g/mol. The molecule has 0 saturated heterocycles. The van der Waals surface area contributed by atoms with Crippen LogP contribution in [0.5, 0.6) is 0 Å². The van der Waals surface area contributed by atoms with E-state index in [0.29, 0.717) is 11.5 Å². The van der Waals surface area contributed by atoms with E-state index in [0.717, 1.165) is 18.7 Å². The molecule has 5 heteroatoms. The Morgan fingerprint density at radius 3 is 2.76 bits per heavy atom. The molecule has 0 aliphatic heterocycles. The maximum atomic E-state index is 10.5. The summed E-state index contributed by atoms with van der Waals surface area (Å²) in [6.45, 7) is 4.52. The van der Waals surface area contributed by atoms with Crippen LogP contribution in [0, 0.1) is 15.5 Å². The van der Waals surface area contributed by atoms with Gasteiger partial charge in [0.1, 0.15) is 12.0 Å². The minimum absolute atomic E-state index is 0.0299. The SMILES string of the molecule is CC1(C)CCC(Nc2ccc([N+](=O)[O-])cn2)C1. The Morgan fingerprint density at radius 1 is 1.53 bits per heavy atom. The van der Waals surface area contributed by atoms with Crippen molar-refractivity contribution < 1.29 is 4.92 Å². The highest BCUT2D eigenvalue weighted by Gasteiger charge is 2.30. The first-order chi connectivity index (χ1) is 7.96. The standard InChI is InChI=1S/C12H17N3O2/c1-12(2)6-5-9(7-12)14-11-4-3-10(8-13-11)15(16)17/h3-4,8-9H,5-7H2,1-2H3,(H,13,14). The molecule has 1 heterocycles. The number of aromatic nitrogens is 1. The van der Waals surface area contributed by atoms with Crippen LogP contribution in [0.2, 0.25) is 0 Å². The van der Waals surface area contributed by atoms with Crippen LogP contribution in [-0.2, 0) is 0 Å². The molecule has 1 aromatic rings. The molecule has 92 valence electrons. The van der Waals surface area contributed by atoms with Gasteiger partial charge in [-0.15, -0.1) is 0 Å². The summed E-state index contributed by atoms with van der Waals surface area (Å²) in [5, 5.41) is 13.8. The minimum atomic E-state index is -0.435. The second-order valence-electron chi connectivity index (χ2n) is 5.41. The van der Waals surface area contributed by atoms with Crippen LogP contribution in [0.3, 0.4) is 0 Å². The van der Waals surface area contributed by atoms with Gasteiger partial charge in [-0.3, -0.25) is 10.1 Å². The maximum Gasteiger partial charge on any atom is 0.287 e. The molecule has 0 spiro atoms. The molecule has 1 fully saturated rings. The Bertz CT molecular complexity index is 414. The third-order valence-electron chi connectivity index (χ3n) is 3.28. The Hall–Kier alpha value is -1.65. The van der Waals surface area contributed by atoms with Gasteiger partial charge in [-0.05, 0) is 30.7 Å². The number of nitro groups is 1. The Balaban J connectivity index is 1.98. The van der Waals surface area contributed by atoms with E-state index in [-0.39, 0.29) is 5.69 Å². The lowest BCUT2D eigenvalue weighted by atomic mass is 9.92. The van der Waals surface area contributed by atoms with Crippen molar-refractivity contribution in [1.82, 2.24) is 4.98 Å². The van der Waals surface area contributed by atoms with Gasteiger partial charge < -0.3 is 5.32 Å². The van der Waals surface area contributed by atoms with E-state index in [9.17, 15) is 10.1 Å². The zero-order chi connectivity index (χ0) is 12.5. The quantitative estimate of drug-likeness (QED) is 0.646. The molecule has 1 atom stereocenters.